The van der Waals surface area contributed by atoms with Crippen molar-refractivity contribution in [3.05, 3.63) is 65.2 Å². The van der Waals surface area contributed by atoms with Gasteiger partial charge in [0.05, 0.1) is 10.9 Å². The van der Waals surface area contributed by atoms with Crippen LogP contribution < -0.4 is 4.72 Å². The van der Waals surface area contributed by atoms with Crippen LogP contribution in [-0.2, 0) is 14.8 Å². The lowest BCUT2D eigenvalue weighted by Crippen LogP contribution is -2.33. The third-order valence-electron chi connectivity index (χ3n) is 4.01. The van der Waals surface area contributed by atoms with Crippen molar-refractivity contribution in [1.29, 1.82) is 0 Å². The highest BCUT2D eigenvalue weighted by atomic mass is 35.5. The predicted octanol–water partition coefficient (Wildman–Crippen LogP) is 3.23. The van der Waals surface area contributed by atoms with Crippen molar-refractivity contribution in [1.82, 2.24) is 9.62 Å². The van der Waals surface area contributed by atoms with Gasteiger partial charge in [-0.05, 0) is 36.8 Å². The molecule has 0 saturated carbocycles. The van der Waals surface area contributed by atoms with Gasteiger partial charge in [-0.1, -0.05) is 41.9 Å². The lowest BCUT2D eigenvalue weighted by Gasteiger charge is -2.25. The van der Waals surface area contributed by atoms with Crippen molar-refractivity contribution in [2.24, 2.45) is 0 Å². The number of nitrogens with zero attached hydrogens (tertiary/aromatic N) is 1. The fraction of sp³-hybridized carbons (Fsp3) is 0.278. The molecular weight excluding hydrogens is 360 g/mol. The fourth-order valence-corrected chi connectivity index (χ4v) is 3.51. The second-order valence-electron chi connectivity index (χ2n) is 5.69. The van der Waals surface area contributed by atoms with Crippen molar-refractivity contribution < 1.29 is 13.2 Å². The molecule has 0 bridgehead atoms. The van der Waals surface area contributed by atoms with Crippen LogP contribution in [0, 0.1) is 0 Å². The lowest BCUT2D eigenvalue weighted by molar-refractivity contribution is -0.131. The van der Waals surface area contributed by atoms with Crippen LogP contribution in [0.3, 0.4) is 0 Å². The summed E-state index contributed by atoms with van der Waals surface area (Å²) < 4.78 is 26.7. The number of benzene rings is 2. The zero-order chi connectivity index (χ0) is 18.4. The van der Waals surface area contributed by atoms with E-state index in [4.69, 9.17) is 11.6 Å². The first kappa shape index (κ1) is 19.4. The number of halogens is 1. The second kappa shape index (κ2) is 8.47. The van der Waals surface area contributed by atoms with Crippen LogP contribution in [0.2, 0.25) is 5.02 Å². The molecule has 1 amide bonds. The molecule has 2 aromatic rings. The van der Waals surface area contributed by atoms with Gasteiger partial charge in [-0.2, -0.15) is 0 Å². The largest absolute Gasteiger partial charge is 0.339 e. The third-order valence-corrected chi connectivity index (χ3v) is 5.74. The van der Waals surface area contributed by atoms with Crippen LogP contribution in [0.25, 0.3) is 0 Å². The first-order valence-electron chi connectivity index (χ1n) is 7.87. The summed E-state index contributed by atoms with van der Waals surface area (Å²) >= 11 is 5.87. The molecule has 0 spiro atoms. The Morgan fingerprint density at radius 1 is 1.12 bits per heavy atom. The Kier molecular flexibility index (Phi) is 6.58. The van der Waals surface area contributed by atoms with Gasteiger partial charge in [-0.3, -0.25) is 4.79 Å². The number of rotatable bonds is 7. The van der Waals surface area contributed by atoms with E-state index >= 15 is 0 Å². The molecule has 1 unspecified atom stereocenters. The average molecular weight is 381 g/mol. The van der Waals surface area contributed by atoms with Gasteiger partial charge in [0.15, 0.2) is 0 Å². The summed E-state index contributed by atoms with van der Waals surface area (Å²) in [4.78, 5) is 14.1. The van der Waals surface area contributed by atoms with Crippen LogP contribution in [-0.4, -0.2) is 32.8 Å². The van der Waals surface area contributed by atoms with E-state index in [9.17, 15) is 13.2 Å². The van der Waals surface area contributed by atoms with Gasteiger partial charge in [0.2, 0.25) is 15.9 Å². The van der Waals surface area contributed by atoms with Crippen molar-refractivity contribution >= 4 is 27.5 Å². The Labute approximate surface area is 153 Å². The molecule has 0 radical (unpaired) electrons. The van der Waals surface area contributed by atoms with Crippen molar-refractivity contribution in [3.63, 3.8) is 0 Å². The van der Waals surface area contributed by atoms with Gasteiger partial charge >= 0.3 is 0 Å². The van der Waals surface area contributed by atoms with Crippen molar-refractivity contribution in [3.8, 4) is 0 Å². The molecular formula is C18H21ClN2O3S. The van der Waals surface area contributed by atoms with Crippen LogP contribution in [0.4, 0.5) is 0 Å². The molecule has 1 N–H and O–H groups in total. The van der Waals surface area contributed by atoms with Crippen LogP contribution in [0.1, 0.15) is 24.9 Å². The monoisotopic (exact) mass is 380 g/mol. The zero-order valence-electron chi connectivity index (χ0n) is 14.1. The van der Waals surface area contributed by atoms with Crippen LogP contribution >= 0.6 is 11.6 Å². The summed E-state index contributed by atoms with van der Waals surface area (Å²) in [6.45, 7) is 1.96. The summed E-state index contributed by atoms with van der Waals surface area (Å²) in [5.41, 5.74) is 0.963. The van der Waals surface area contributed by atoms with Gasteiger partial charge in [-0.25, -0.2) is 13.1 Å². The summed E-state index contributed by atoms with van der Waals surface area (Å²) in [6, 6.07) is 15.2. The Balaban J connectivity index is 1.90. The quantitative estimate of drug-likeness (QED) is 0.801. The van der Waals surface area contributed by atoms with E-state index in [-0.39, 0.29) is 29.8 Å². The molecule has 0 aliphatic carbocycles. The van der Waals surface area contributed by atoms with E-state index in [1.54, 1.807) is 42.3 Å². The van der Waals surface area contributed by atoms with Gasteiger partial charge < -0.3 is 4.90 Å². The standard InChI is InChI=1S/C18H21ClN2O3S/c1-14(15-8-10-16(19)11-9-15)21(2)18(22)12-13-20-25(23,24)17-6-4-3-5-7-17/h3-11,14,20H,12-13H2,1-2H3. The smallest absolute Gasteiger partial charge is 0.240 e. The van der Waals surface area contributed by atoms with E-state index in [2.05, 4.69) is 4.72 Å². The molecule has 0 fully saturated rings. The van der Waals surface area contributed by atoms with Crippen molar-refractivity contribution in [2.75, 3.05) is 13.6 Å². The van der Waals surface area contributed by atoms with Gasteiger partial charge in [0.1, 0.15) is 0 Å². The number of hydrogen-bond acceptors (Lipinski definition) is 3. The Bertz CT molecular complexity index is 808. The number of sulfonamides is 1. The third kappa shape index (κ3) is 5.29. The maximum absolute atomic E-state index is 12.3. The minimum Gasteiger partial charge on any atom is -0.339 e. The minimum atomic E-state index is -3.59. The molecule has 25 heavy (non-hydrogen) atoms. The molecule has 2 rings (SSSR count). The maximum atomic E-state index is 12.3. The first-order valence-corrected chi connectivity index (χ1v) is 9.73. The Morgan fingerprint density at radius 3 is 2.32 bits per heavy atom. The van der Waals surface area contributed by atoms with Gasteiger partial charge in [-0.15, -0.1) is 0 Å². The fourth-order valence-electron chi connectivity index (χ4n) is 2.33. The second-order valence-corrected chi connectivity index (χ2v) is 7.90. The number of amides is 1. The first-order chi connectivity index (χ1) is 11.8. The molecule has 7 heteroatoms. The molecule has 5 nitrogen and oxygen atoms in total. The van der Waals surface area contributed by atoms with Gasteiger partial charge in [0, 0.05) is 25.0 Å². The highest BCUT2D eigenvalue weighted by Crippen LogP contribution is 2.21. The SMILES string of the molecule is CC(c1ccc(Cl)cc1)N(C)C(=O)CCNS(=O)(=O)c1ccccc1. The van der Waals surface area contributed by atoms with Gasteiger partial charge in [0.25, 0.3) is 0 Å². The topological polar surface area (TPSA) is 66.5 Å². The molecule has 0 aliphatic heterocycles. The van der Waals surface area contributed by atoms with E-state index in [0.29, 0.717) is 5.02 Å². The number of nitrogens with one attached hydrogen (secondary N) is 1. The number of carbonyl (C=O) groups is 1. The van der Waals surface area contributed by atoms with Crippen LogP contribution in [0.5, 0.6) is 0 Å². The molecule has 0 saturated heterocycles. The molecule has 0 heterocycles. The Hall–Kier alpha value is -1.89. The van der Waals surface area contributed by atoms with E-state index in [0.717, 1.165) is 5.56 Å². The lowest BCUT2D eigenvalue weighted by atomic mass is 10.1. The highest BCUT2D eigenvalue weighted by Gasteiger charge is 2.19. The number of carbonyl (C=O) groups excluding carboxylic acids is 1. The minimum absolute atomic E-state index is 0.0493. The Morgan fingerprint density at radius 2 is 1.72 bits per heavy atom. The molecule has 0 aliphatic rings. The number of hydrogen-bond donors (Lipinski definition) is 1. The summed E-state index contributed by atoms with van der Waals surface area (Å²) in [6.07, 6.45) is 0.0838. The maximum Gasteiger partial charge on any atom is 0.240 e. The summed E-state index contributed by atoms with van der Waals surface area (Å²) in [5, 5.41) is 0.639. The predicted molar refractivity (Wildman–Crippen MR) is 98.9 cm³/mol. The molecule has 2 aromatic carbocycles. The molecule has 1 atom stereocenters. The summed E-state index contributed by atoms with van der Waals surface area (Å²) in [5.74, 6) is -0.141. The van der Waals surface area contributed by atoms with E-state index < -0.39 is 10.0 Å². The normalized spacial score (nSPS) is 12.6. The average Bonchev–Trinajstić information content (AvgIpc) is 2.61. The molecule has 134 valence electrons. The van der Waals surface area contributed by atoms with Crippen LogP contribution in [0.15, 0.2) is 59.5 Å². The van der Waals surface area contributed by atoms with E-state index in [1.165, 1.54) is 12.1 Å². The van der Waals surface area contributed by atoms with Crippen molar-refractivity contribution in [2.45, 2.75) is 24.3 Å². The zero-order valence-corrected chi connectivity index (χ0v) is 15.7. The summed E-state index contributed by atoms with van der Waals surface area (Å²) in [7, 11) is -1.89. The highest BCUT2D eigenvalue weighted by molar-refractivity contribution is 7.89. The van der Waals surface area contributed by atoms with E-state index in [1.807, 2.05) is 19.1 Å². The molecule has 0 aromatic heterocycles.